The van der Waals surface area contributed by atoms with Gasteiger partial charge in [0.2, 0.25) is 5.91 Å². The predicted molar refractivity (Wildman–Crippen MR) is 67.5 cm³/mol. The van der Waals surface area contributed by atoms with E-state index in [1.807, 2.05) is 19.1 Å². The Morgan fingerprint density at radius 3 is 3.00 bits per heavy atom. The van der Waals surface area contributed by atoms with Crippen molar-refractivity contribution in [3.63, 3.8) is 0 Å². The third kappa shape index (κ3) is 3.10. The number of hydrogen-bond acceptors (Lipinski definition) is 3. The fourth-order valence-corrected chi connectivity index (χ4v) is 1.54. The molecule has 2 rings (SSSR count). The Morgan fingerprint density at radius 2 is 2.39 bits per heavy atom. The van der Waals surface area contributed by atoms with E-state index in [2.05, 4.69) is 10.2 Å². The highest BCUT2D eigenvalue weighted by molar-refractivity contribution is 5.91. The first-order chi connectivity index (χ1) is 8.65. The van der Waals surface area contributed by atoms with Gasteiger partial charge in [-0.2, -0.15) is 5.10 Å². The summed E-state index contributed by atoms with van der Waals surface area (Å²) >= 11 is 0. The average molecular weight is 245 g/mol. The summed E-state index contributed by atoms with van der Waals surface area (Å²) in [6, 6.07) is 3.69. The van der Waals surface area contributed by atoms with E-state index in [0.29, 0.717) is 12.3 Å². The number of aryl methyl sites for hydroxylation is 1. The Bertz CT molecular complexity index is 540. The summed E-state index contributed by atoms with van der Waals surface area (Å²) in [6.45, 7) is 2.39. The Balaban J connectivity index is 1.93. The molecule has 2 heterocycles. The summed E-state index contributed by atoms with van der Waals surface area (Å²) in [5, 5.41) is 6.55. The van der Waals surface area contributed by atoms with Crippen LogP contribution in [-0.4, -0.2) is 28.1 Å². The monoisotopic (exact) mass is 245 g/mol. The van der Waals surface area contributed by atoms with Gasteiger partial charge in [-0.25, -0.2) is 0 Å². The molecule has 18 heavy (non-hydrogen) atoms. The Labute approximate surface area is 105 Å². The number of aromatic amines is 1. The van der Waals surface area contributed by atoms with Gasteiger partial charge < -0.3 is 9.32 Å². The maximum atomic E-state index is 11.8. The first-order valence-corrected chi connectivity index (χ1v) is 5.62. The molecule has 0 fully saturated rings. The zero-order valence-corrected chi connectivity index (χ0v) is 10.4. The van der Waals surface area contributed by atoms with Crippen molar-refractivity contribution in [2.45, 2.75) is 13.5 Å². The quantitative estimate of drug-likeness (QED) is 0.838. The van der Waals surface area contributed by atoms with Crippen molar-refractivity contribution in [3.05, 3.63) is 47.7 Å². The molecule has 0 unspecified atom stereocenters. The zero-order chi connectivity index (χ0) is 13.0. The molecule has 0 bridgehead atoms. The summed E-state index contributed by atoms with van der Waals surface area (Å²) in [5.74, 6) is 1.43. The highest BCUT2D eigenvalue weighted by Gasteiger charge is 2.06. The molecule has 0 aliphatic rings. The fourth-order valence-electron chi connectivity index (χ4n) is 1.54. The number of aromatic nitrogens is 2. The van der Waals surface area contributed by atoms with Crippen molar-refractivity contribution in [2.24, 2.45) is 0 Å². The molecular formula is C13H15N3O2. The number of amides is 1. The number of nitrogens with zero attached hydrogens (tertiary/aromatic N) is 2. The van der Waals surface area contributed by atoms with E-state index < -0.39 is 0 Å². The summed E-state index contributed by atoms with van der Waals surface area (Å²) < 4.78 is 5.35. The minimum Gasteiger partial charge on any atom is -0.462 e. The summed E-state index contributed by atoms with van der Waals surface area (Å²) in [7, 11) is 1.74. The largest absolute Gasteiger partial charge is 0.462 e. The molecule has 5 nitrogen and oxygen atoms in total. The van der Waals surface area contributed by atoms with Crippen molar-refractivity contribution in [1.82, 2.24) is 15.1 Å². The van der Waals surface area contributed by atoms with Gasteiger partial charge in [-0.05, 0) is 25.1 Å². The molecule has 2 aromatic heterocycles. The second-order valence-electron chi connectivity index (χ2n) is 4.08. The van der Waals surface area contributed by atoms with Gasteiger partial charge in [0, 0.05) is 31.4 Å². The van der Waals surface area contributed by atoms with Crippen molar-refractivity contribution in [3.8, 4) is 0 Å². The van der Waals surface area contributed by atoms with Crippen LogP contribution in [0.15, 0.2) is 35.0 Å². The van der Waals surface area contributed by atoms with Gasteiger partial charge in [-0.15, -0.1) is 0 Å². The summed E-state index contributed by atoms with van der Waals surface area (Å²) in [4.78, 5) is 13.4. The normalized spacial score (nSPS) is 11.0. The number of H-pyrrole nitrogens is 1. The first-order valence-electron chi connectivity index (χ1n) is 5.62. The van der Waals surface area contributed by atoms with Crippen molar-refractivity contribution < 1.29 is 9.21 Å². The van der Waals surface area contributed by atoms with Crippen LogP contribution in [0.1, 0.15) is 17.1 Å². The van der Waals surface area contributed by atoms with Gasteiger partial charge in [-0.1, -0.05) is 0 Å². The van der Waals surface area contributed by atoms with E-state index in [-0.39, 0.29) is 5.91 Å². The highest BCUT2D eigenvalue weighted by Crippen LogP contribution is 2.08. The van der Waals surface area contributed by atoms with Crippen LogP contribution in [-0.2, 0) is 11.3 Å². The van der Waals surface area contributed by atoms with E-state index in [1.165, 1.54) is 6.08 Å². The Hall–Kier alpha value is -2.30. The van der Waals surface area contributed by atoms with E-state index in [9.17, 15) is 4.79 Å². The van der Waals surface area contributed by atoms with Crippen LogP contribution in [0.3, 0.4) is 0 Å². The number of carbonyl (C=O) groups excluding carboxylic acids is 1. The maximum absolute atomic E-state index is 11.8. The SMILES string of the molecule is Cc1ccc(C=CC(=O)N(C)Cc2cn[nH]c2)o1. The topological polar surface area (TPSA) is 62.1 Å². The average Bonchev–Trinajstić information content (AvgIpc) is 2.97. The van der Waals surface area contributed by atoms with Crippen LogP contribution >= 0.6 is 0 Å². The molecule has 0 saturated heterocycles. The smallest absolute Gasteiger partial charge is 0.246 e. The van der Waals surface area contributed by atoms with Gasteiger partial charge in [-0.3, -0.25) is 9.89 Å². The zero-order valence-electron chi connectivity index (χ0n) is 10.4. The van der Waals surface area contributed by atoms with Crippen LogP contribution in [0.5, 0.6) is 0 Å². The summed E-state index contributed by atoms with van der Waals surface area (Å²) in [5.41, 5.74) is 0.966. The molecule has 1 amide bonds. The van der Waals surface area contributed by atoms with Crippen LogP contribution in [0, 0.1) is 6.92 Å². The second kappa shape index (κ2) is 5.35. The molecule has 0 saturated carbocycles. The molecule has 2 aromatic rings. The van der Waals surface area contributed by atoms with Crippen LogP contribution in [0.4, 0.5) is 0 Å². The third-order valence-electron chi connectivity index (χ3n) is 2.50. The highest BCUT2D eigenvalue weighted by atomic mass is 16.3. The Morgan fingerprint density at radius 1 is 1.56 bits per heavy atom. The molecule has 0 aromatic carbocycles. The Kier molecular flexibility index (Phi) is 3.62. The summed E-state index contributed by atoms with van der Waals surface area (Å²) in [6.07, 6.45) is 6.63. The van der Waals surface area contributed by atoms with Crippen molar-refractivity contribution in [1.29, 1.82) is 0 Å². The van der Waals surface area contributed by atoms with Crippen molar-refractivity contribution >= 4 is 12.0 Å². The third-order valence-corrected chi connectivity index (χ3v) is 2.50. The standard InChI is InChI=1S/C13H15N3O2/c1-10-3-4-12(18-10)5-6-13(17)16(2)9-11-7-14-15-8-11/h3-8H,9H2,1-2H3,(H,14,15). The number of hydrogen-bond donors (Lipinski definition) is 1. The molecule has 0 atom stereocenters. The number of carbonyl (C=O) groups is 1. The molecule has 0 radical (unpaired) electrons. The van der Waals surface area contributed by atoms with Gasteiger partial charge >= 0.3 is 0 Å². The lowest BCUT2D eigenvalue weighted by Gasteiger charge is -2.13. The molecule has 0 aliphatic heterocycles. The minimum atomic E-state index is -0.0785. The van der Waals surface area contributed by atoms with Gasteiger partial charge in [0.15, 0.2) is 0 Å². The van der Waals surface area contributed by atoms with E-state index >= 15 is 0 Å². The molecule has 0 spiro atoms. The maximum Gasteiger partial charge on any atom is 0.246 e. The van der Waals surface area contributed by atoms with E-state index in [4.69, 9.17) is 4.42 Å². The second-order valence-corrected chi connectivity index (χ2v) is 4.08. The van der Waals surface area contributed by atoms with Crippen LogP contribution in [0.2, 0.25) is 0 Å². The minimum absolute atomic E-state index is 0.0785. The number of rotatable bonds is 4. The van der Waals surface area contributed by atoms with Gasteiger partial charge in [0.25, 0.3) is 0 Å². The number of nitrogens with one attached hydrogen (secondary N) is 1. The van der Waals surface area contributed by atoms with E-state index in [0.717, 1.165) is 11.3 Å². The lowest BCUT2D eigenvalue weighted by atomic mass is 10.3. The fraction of sp³-hybridized carbons (Fsp3) is 0.231. The molecule has 0 aliphatic carbocycles. The molecular weight excluding hydrogens is 230 g/mol. The first kappa shape index (κ1) is 12.2. The molecule has 94 valence electrons. The van der Waals surface area contributed by atoms with Crippen LogP contribution < -0.4 is 0 Å². The number of furan rings is 1. The van der Waals surface area contributed by atoms with Gasteiger partial charge in [0.05, 0.1) is 6.20 Å². The van der Waals surface area contributed by atoms with E-state index in [1.54, 1.807) is 30.4 Å². The predicted octanol–water partition coefficient (Wildman–Crippen LogP) is 1.98. The molecule has 5 heteroatoms. The van der Waals surface area contributed by atoms with Crippen LogP contribution in [0.25, 0.3) is 6.08 Å². The van der Waals surface area contributed by atoms with Gasteiger partial charge in [0.1, 0.15) is 11.5 Å². The number of likely N-dealkylation sites (N-methyl/N-ethyl adjacent to an activating group) is 1. The lowest BCUT2D eigenvalue weighted by molar-refractivity contribution is -0.125. The molecule has 1 N–H and O–H groups in total. The van der Waals surface area contributed by atoms with Crippen molar-refractivity contribution in [2.75, 3.05) is 7.05 Å². The lowest BCUT2D eigenvalue weighted by Crippen LogP contribution is -2.23.